The summed E-state index contributed by atoms with van der Waals surface area (Å²) in [6, 6.07) is 15.4. The van der Waals surface area contributed by atoms with E-state index in [-0.39, 0.29) is 17.9 Å². The summed E-state index contributed by atoms with van der Waals surface area (Å²) in [5.41, 5.74) is 3.98. The molecular weight excluding hydrogens is 326 g/mol. The number of benzene rings is 2. The smallest absolute Gasteiger partial charge is 0.251 e. The highest BCUT2D eigenvalue weighted by molar-refractivity contribution is 5.98. The fraction of sp³-hybridized carbons (Fsp3) is 0.333. The lowest BCUT2D eigenvalue weighted by molar-refractivity contribution is -0.122. The van der Waals surface area contributed by atoms with Crippen LogP contribution in [-0.4, -0.2) is 43.4 Å². The Bertz CT molecular complexity index is 801. The molecule has 0 aromatic heterocycles. The molecule has 0 bridgehead atoms. The van der Waals surface area contributed by atoms with Gasteiger partial charge in [0.2, 0.25) is 5.91 Å². The summed E-state index contributed by atoms with van der Waals surface area (Å²) in [6.07, 6.45) is 0.916. The summed E-state index contributed by atoms with van der Waals surface area (Å²) in [5, 5.41) is 2.61. The Labute approximate surface area is 154 Å². The first-order valence-corrected chi connectivity index (χ1v) is 8.92. The van der Waals surface area contributed by atoms with Crippen LogP contribution in [0.2, 0.25) is 0 Å². The van der Waals surface area contributed by atoms with Crippen molar-refractivity contribution in [1.82, 2.24) is 10.2 Å². The van der Waals surface area contributed by atoms with E-state index in [4.69, 9.17) is 0 Å². The van der Waals surface area contributed by atoms with Gasteiger partial charge in [0.25, 0.3) is 5.91 Å². The molecule has 3 rings (SSSR count). The highest BCUT2D eigenvalue weighted by Gasteiger charge is 2.29. The molecule has 0 radical (unpaired) electrons. The third-order valence-corrected chi connectivity index (χ3v) is 5.05. The summed E-state index contributed by atoms with van der Waals surface area (Å²) in [6.45, 7) is 3.34. The van der Waals surface area contributed by atoms with Crippen molar-refractivity contribution < 1.29 is 9.59 Å². The van der Waals surface area contributed by atoms with E-state index < -0.39 is 0 Å². The molecule has 1 heterocycles. The van der Waals surface area contributed by atoms with Gasteiger partial charge in [0.15, 0.2) is 0 Å². The Morgan fingerprint density at radius 1 is 1.15 bits per heavy atom. The number of carbonyl (C=O) groups excluding carboxylic acids is 2. The first kappa shape index (κ1) is 18.1. The minimum absolute atomic E-state index is 0.0962. The van der Waals surface area contributed by atoms with Gasteiger partial charge in [-0.25, -0.2) is 0 Å². The maximum atomic E-state index is 13.0. The summed E-state index contributed by atoms with van der Waals surface area (Å²) >= 11 is 0. The van der Waals surface area contributed by atoms with Crippen LogP contribution < -0.4 is 10.2 Å². The van der Waals surface area contributed by atoms with Gasteiger partial charge in [-0.1, -0.05) is 30.3 Å². The van der Waals surface area contributed by atoms with E-state index in [0.717, 1.165) is 24.2 Å². The van der Waals surface area contributed by atoms with Crippen LogP contribution in [0.3, 0.4) is 0 Å². The van der Waals surface area contributed by atoms with Crippen molar-refractivity contribution >= 4 is 17.5 Å². The second-order valence-electron chi connectivity index (χ2n) is 6.74. The summed E-state index contributed by atoms with van der Waals surface area (Å²) in [4.78, 5) is 28.5. The number of amides is 2. The molecule has 136 valence electrons. The van der Waals surface area contributed by atoms with E-state index in [9.17, 15) is 9.59 Å². The molecule has 0 unspecified atom stereocenters. The van der Waals surface area contributed by atoms with Gasteiger partial charge in [-0.15, -0.1) is 0 Å². The number of hydrogen-bond donors (Lipinski definition) is 1. The quantitative estimate of drug-likeness (QED) is 0.900. The molecule has 0 saturated heterocycles. The van der Waals surface area contributed by atoms with E-state index in [1.165, 1.54) is 5.56 Å². The van der Waals surface area contributed by atoms with Crippen molar-refractivity contribution in [3.05, 3.63) is 65.2 Å². The highest BCUT2D eigenvalue weighted by atomic mass is 16.2. The second kappa shape index (κ2) is 7.70. The monoisotopic (exact) mass is 351 g/mol. The number of likely N-dealkylation sites (N-methyl/N-ethyl adjacent to an activating group) is 1. The lowest BCUT2D eigenvalue weighted by Gasteiger charge is -2.28. The number of fused-ring (bicyclic) bond motifs is 1. The molecule has 0 spiro atoms. The Morgan fingerprint density at radius 3 is 2.54 bits per heavy atom. The lowest BCUT2D eigenvalue weighted by atomic mass is 10.1. The molecule has 1 aliphatic heterocycles. The highest BCUT2D eigenvalue weighted by Crippen LogP contribution is 2.28. The molecule has 5 nitrogen and oxygen atoms in total. The third kappa shape index (κ3) is 3.63. The standard InChI is InChI=1S/C21H25N3O2/c1-15(21(26)24-13-12-17-6-4-5-7-19(17)24)23(3)14-16-8-10-18(11-9-16)20(25)22-2/h4-11,15H,12-14H2,1-3H3,(H,22,25)/t15-/m0/s1. The predicted octanol–water partition coefficient (Wildman–Crippen LogP) is 2.46. The van der Waals surface area contributed by atoms with Crippen LogP contribution in [0.4, 0.5) is 5.69 Å². The van der Waals surface area contributed by atoms with Gasteiger partial charge in [-0.05, 0) is 49.7 Å². The van der Waals surface area contributed by atoms with Gasteiger partial charge in [-0.3, -0.25) is 14.5 Å². The van der Waals surface area contributed by atoms with Crippen LogP contribution in [0, 0.1) is 0 Å². The minimum atomic E-state index is -0.222. The molecule has 26 heavy (non-hydrogen) atoms. The van der Waals surface area contributed by atoms with Gasteiger partial charge < -0.3 is 10.2 Å². The maximum Gasteiger partial charge on any atom is 0.251 e. The number of hydrogen-bond acceptors (Lipinski definition) is 3. The van der Waals surface area contributed by atoms with Crippen LogP contribution in [0.15, 0.2) is 48.5 Å². The zero-order valence-electron chi connectivity index (χ0n) is 15.5. The zero-order valence-corrected chi connectivity index (χ0v) is 15.5. The van der Waals surface area contributed by atoms with Crippen molar-refractivity contribution in [2.75, 3.05) is 25.5 Å². The predicted molar refractivity (Wildman–Crippen MR) is 103 cm³/mol. The van der Waals surface area contributed by atoms with E-state index in [2.05, 4.69) is 11.4 Å². The second-order valence-corrected chi connectivity index (χ2v) is 6.74. The maximum absolute atomic E-state index is 13.0. The SMILES string of the molecule is CNC(=O)c1ccc(CN(C)[C@@H](C)C(=O)N2CCc3ccccc32)cc1. The lowest BCUT2D eigenvalue weighted by Crippen LogP contribution is -2.45. The Balaban J connectivity index is 1.65. The Kier molecular flexibility index (Phi) is 5.38. The van der Waals surface area contributed by atoms with E-state index in [1.54, 1.807) is 7.05 Å². The van der Waals surface area contributed by atoms with E-state index in [1.807, 2.05) is 66.2 Å². The summed E-state index contributed by atoms with van der Waals surface area (Å²) in [7, 11) is 3.57. The van der Waals surface area contributed by atoms with Gasteiger partial charge in [0, 0.05) is 31.4 Å². The molecule has 2 aromatic carbocycles. The van der Waals surface area contributed by atoms with Crippen molar-refractivity contribution in [3.63, 3.8) is 0 Å². The number of nitrogens with zero attached hydrogens (tertiary/aromatic N) is 2. The summed E-state index contributed by atoms with van der Waals surface area (Å²) < 4.78 is 0. The molecule has 2 aromatic rings. The fourth-order valence-corrected chi connectivity index (χ4v) is 3.31. The minimum Gasteiger partial charge on any atom is -0.355 e. The van der Waals surface area contributed by atoms with Gasteiger partial charge in [0.1, 0.15) is 0 Å². The fourth-order valence-electron chi connectivity index (χ4n) is 3.31. The Hall–Kier alpha value is -2.66. The number of rotatable bonds is 5. The van der Waals surface area contributed by atoms with E-state index in [0.29, 0.717) is 12.1 Å². The van der Waals surface area contributed by atoms with Crippen molar-refractivity contribution in [3.8, 4) is 0 Å². The van der Waals surface area contributed by atoms with Crippen LogP contribution in [0.1, 0.15) is 28.4 Å². The third-order valence-electron chi connectivity index (χ3n) is 5.05. The number of anilines is 1. The molecule has 0 fully saturated rings. The molecule has 1 atom stereocenters. The number of carbonyl (C=O) groups is 2. The summed E-state index contributed by atoms with van der Waals surface area (Å²) in [5.74, 6) is 0.0283. The number of nitrogens with one attached hydrogen (secondary N) is 1. The van der Waals surface area contributed by atoms with Crippen molar-refractivity contribution in [1.29, 1.82) is 0 Å². The zero-order chi connectivity index (χ0) is 18.7. The first-order chi connectivity index (χ1) is 12.5. The van der Waals surface area contributed by atoms with Crippen molar-refractivity contribution in [2.45, 2.75) is 25.9 Å². The molecular formula is C21H25N3O2. The largest absolute Gasteiger partial charge is 0.355 e. The van der Waals surface area contributed by atoms with Crippen LogP contribution >= 0.6 is 0 Å². The topological polar surface area (TPSA) is 52.7 Å². The molecule has 1 aliphatic rings. The van der Waals surface area contributed by atoms with Gasteiger partial charge >= 0.3 is 0 Å². The van der Waals surface area contributed by atoms with Gasteiger partial charge in [-0.2, -0.15) is 0 Å². The molecule has 2 amide bonds. The van der Waals surface area contributed by atoms with Crippen LogP contribution in [0.5, 0.6) is 0 Å². The first-order valence-electron chi connectivity index (χ1n) is 8.92. The Morgan fingerprint density at radius 2 is 1.85 bits per heavy atom. The van der Waals surface area contributed by atoms with Crippen LogP contribution in [0.25, 0.3) is 0 Å². The van der Waals surface area contributed by atoms with Gasteiger partial charge in [0.05, 0.1) is 6.04 Å². The average molecular weight is 351 g/mol. The normalized spacial score (nSPS) is 14.2. The number of para-hydroxylation sites is 1. The average Bonchev–Trinajstić information content (AvgIpc) is 3.10. The molecule has 1 N–H and O–H groups in total. The van der Waals surface area contributed by atoms with Crippen molar-refractivity contribution in [2.24, 2.45) is 0 Å². The molecule has 0 saturated carbocycles. The molecule has 5 heteroatoms. The van der Waals surface area contributed by atoms with E-state index >= 15 is 0 Å². The van der Waals surface area contributed by atoms with Crippen LogP contribution in [-0.2, 0) is 17.8 Å². The molecule has 0 aliphatic carbocycles.